The van der Waals surface area contributed by atoms with Crippen molar-refractivity contribution < 1.29 is 24.2 Å². The summed E-state index contributed by atoms with van der Waals surface area (Å²) in [5, 5.41) is 21.2. The number of hydrogen-bond donors (Lipinski definition) is 3. The van der Waals surface area contributed by atoms with E-state index in [1.165, 1.54) is 5.01 Å². The highest BCUT2D eigenvalue weighted by atomic mass is 16.5. The quantitative estimate of drug-likeness (QED) is 0.562. The molecule has 0 saturated heterocycles. The summed E-state index contributed by atoms with van der Waals surface area (Å²) in [7, 11) is 4.72. The summed E-state index contributed by atoms with van der Waals surface area (Å²) in [6.07, 6.45) is 0.564. The van der Waals surface area contributed by atoms with E-state index in [2.05, 4.69) is 10.6 Å². The molecule has 0 saturated carbocycles. The molecule has 0 aliphatic carbocycles. The van der Waals surface area contributed by atoms with Gasteiger partial charge in [0.2, 0.25) is 0 Å². The number of aliphatic hydroxyl groups is 1. The molecule has 2 atom stereocenters. The number of rotatable bonds is 7. The van der Waals surface area contributed by atoms with E-state index >= 15 is 0 Å². The first-order valence-electron chi connectivity index (χ1n) is 11.6. The van der Waals surface area contributed by atoms with E-state index in [0.29, 0.717) is 29.2 Å². The number of methoxy groups -OCH3 is 2. The van der Waals surface area contributed by atoms with Gasteiger partial charge in [-0.3, -0.25) is 4.79 Å². The van der Waals surface area contributed by atoms with E-state index < -0.39 is 0 Å². The molecule has 9 heteroatoms. The Bertz CT molecular complexity index is 1100. The minimum atomic E-state index is -0.328. The fourth-order valence-electron chi connectivity index (χ4n) is 4.00. The zero-order valence-corrected chi connectivity index (χ0v) is 21.1. The van der Waals surface area contributed by atoms with Gasteiger partial charge in [-0.15, -0.1) is 0 Å². The highest BCUT2D eigenvalue weighted by Crippen LogP contribution is 2.34. The van der Waals surface area contributed by atoms with Crippen LogP contribution in [0.2, 0.25) is 0 Å². The van der Waals surface area contributed by atoms with Gasteiger partial charge in [0, 0.05) is 23.7 Å². The van der Waals surface area contributed by atoms with Gasteiger partial charge in [-0.2, -0.15) is 5.10 Å². The minimum Gasteiger partial charge on any atom is -0.493 e. The lowest BCUT2D eigenvalue weighted by Gasteiger charge is -2.22. The molecule has 0 aromatic heterocycles. The first-order chi connectivity index (χ1) is 16.7. The molecule has 1 aliphatic rings. The average molecular weight is 483 g/mol. The Morgan fingerprint density at radius 3 is 2.31 bits per heavy atom. The van der Waals surface area contributed by atoms with E-state index in [1.807, 2.05) is 32.9 Å². The van der Waals surface area contributed by atoms with Crippen molar-refractivity contribution in [2.45, 2.75) is 39.3 Å². The molecule has 3 N–H and O–H groups in total. The van der Waals surface area contributed by atoms with Gasteiger partial charge in [0.15, 0.2) is 11.5 Å². The summed E-state index contributed by atoms with van der Waals surface area (Å²) in [5.74, 6) is 0.991. The monoisotopic (exact) mass is 482 g/mol. The Balaban J connectivity index is 2.06. The molecule has 0 spiro atoms. The Labute approximate surface area is 206 Å². The maximum Gasteiger partial charge on any atom is 0.337 e. The summed E-state index contributed by atoms with van der Waals surface area (Å²) in [5.41, 5.74) is 3.56. The van der Waals surface area contributed by atoms with Crippen molar-refractivity contribution in [3.8, 4) is 11.5 Å². The number of carbonyl (C=O) groups excluding carboxylic acids is 2. The fraction of sp³-hybridized carbons (Fsp3) is 0.423. The predicted molar refractivity (Wildman–Crippen MR) is 134 cm³/mol. The molecule has 3 amide bonds. The zero-order valence-electron chi connectivity index (χ0n) is 21.1. The number of benzene rings is 2. The molecule has 0 unspecified atom stereocenters. The fourth-order valence-corrected chi connectivity index (χ4v) is 4.00. The number of hydrogen-bond acceptors (Lipinski definition) is 6. The van der Waals surface area contributed by atoms with Crippen molar-refractivity contribution >= 4 is 17.6 Å². The van der Waals surface area contributed by atoms with Crippen LogP contribution in [-0.2, 0) is 6.42 Å². The average Bonchev–Trinajstić information content (AvgIpc) is 3.01. The topological polar surface area (TPSA) is 112 Å². The molecule has 0 fully saturated rings. The molecule has 3 rings (SSSR count). The van der Waals surface area contributed by atoms with Gasteiger partial charge >= 0.3 is 6.03 Å². The van der Waals surface area contributed by atoms with Crippen LogP contribution in [0.25, 0.3) is 0 Å². The molecule has 188 valence electrons. The summed E-state index contributed by atoms with van der Waals surface area (Å²) in [6, 6.07) is 9.94. The highest BCUT2D eigenvalue weighted by Gasteiger charge is 2.28. The lowest BCUT2D eigenvalue weighted by Crippen LogP contribution is -2.41. The zero-order chi connectivity index (χ0) is 25.7. The Hall–Kier alpha value is -3.59. The number of nitrogens with zero attached hydrogens (tertiary/aromatic N) is 2. The highest BCUT2D eigenvalue weighted by molar-refractivity contribution is 6.15. The maximum atomic E-state index is 12.7. The molecule has 2 aromatic rings. The van der Waals surface area contributed by atoms with Gasteiger partial charge in [-0.05, 0) is 49.1 Å². The lowest BCUT2D eigenvalue weighted by molar-refractivity contribution is 0.0897. The minimum absolute atomic E-state index is 0.102. The number of urea groups is 1. The molecule has 1 heterocycles. The molecule has 2 aromatic carbocycles. The number of aliphatic hydroxyl groups excluding tert-OH is 1. The van der Waals surface area contributed by atoms with Crippen LogP contribution >= 0.6 is 0 Å². The maximum absolute atomic E-state index is 12.7. The second-order valence-electron chi connectivity index (χ2n) is 8.85. The van der Waals surface area contributed by atoms with Crippen molar-refractivity contribution in [2.75, 3.05) is 27.9 Å². The number of carbonyl (C=O) groups is 2. The van der Waals surface area contributed by atoms with E-state index in [9.17, 15) is 14.7 Å². The van der Waals surface area contributed by atoms with Crippen LogP contribution in [0, 0.1) is 5.92 Å². The van der Waals surface area contributed by atoms with Crippen LogP contribution in [-0.4, -0.2) is 67.7 Å². The Morgan fingerprint density at radius 2 is 1.77 bits per heavy atom. The van der Waals surface area contributed by atoms with Crippen molar-refractivity contribution in [1.82, 2.24) is 15.6 Å². The van der Waals surface area contributed by atoms with E-state index in [-0.39, 0.29) is 36.5 Å². The molecule has 1 aliphatic heterocycles. The summed E-state index contributed by atoms with van der Waals surface area (Å²) in [4.78, 5) is 25.3. The molecule has 0 bridgehead atoms. The van der Waals surface area contributed by atoms with Crippen LogP contribution in [0.4, 0.5) is 4.79 Å². The third-order valence-electron chi connectivity index (χ3n) is 6.17. The van der Waals surface area contributed by atoms with Crippen molar-refractivity contribution in [3.05, 3.63) is 58.7 Å². The standard InChI is InChI=1S/C26H34N4O5/c1-15(2)21(14-31)28-25(32)18-9-7-17(8-10-18)24-20-13-23(35-6)22(34-5)12-19(20)11-16(3)30(29-24)26(33)27-4/h7-10,12-13,15-16,21,31H,11,14H2,1-6H3,(H,27,33)(H,28,32)/t16-,21+/m1/s1. The smallest absolute Gasteiger partial charge is 0.337 e. The van der Waals surface area contributed by atoms with Crippen LogP contribution in [0.1, 0.15) is 47.8 Å². The Morgan fingerprint density at radius 1 is 1.14 bits per heavy atom. The van der Waals surface area contributed by atoms with Crippen molar-refractivity contribution in [3.63, 3.8) is 0 Å². The second kappa shape index (κ2) is 11.2. The number of amides is 3. The van der Waals surface area contributed by atoms with Crippen molar-refractivity contribution in [1.29, 1.82) is 0 Å². The summed E-state index contributed by atoms with van der Waals surface area (Å²) in [6.45, 7) is 5.68. The Kier molecular flexibility index (Phi) is 8.34. The molecule has 9 nitrogen and oxygen atoms in total. The van der Waals surface area contributed by atoms with E-state index in [4.69, 9.17) is 14.6 Å². The van der Waals surface area contributed by atoms with Crippen LogP contribution in [0.15, 0.2) is 41.5 Å². The normalized spacial score (nSPS) is 16.1. The third kappa shape index (κ3) is 5.57. The molecule has 35 heavy (non-hydrogen) atoms. The van der Waals surface area contributed by atoms with Crippen LogP contribution < -0.4 is 20.1 Å². The molecule has 0 radical (unpaired) electrons. The van der Waals surface area contributed by atoms with Gasteiger partial charge in [0.05, 0.1) is 38.6 Å². The first kappa shape index (κ1) is 26.0. The number of ether oxygens (including phenoxy) is 2. The number of nitrogens with one attached hydrogen (secondary N) is 2. The third-order valence-corrected chi connectivity index (χ3v) is 6.17. The predicted octanol–water partition coefficient (Wildman–Crippen LogP) is 2.79. The molecular formula is C26H34N4O5. The van der Waals surface area contributed by atoms with Gasteiger partial charge in [0.1, 0.15) is 0 Å². The lowest BCUT2D eigenvalue weighted by atomic mass is 9.93. The largest absolute Gasteiger partial charge is 0.493 e. The number of hydrazone groups is 1. The summed E-state index contributed by atoms with van der Waals surface area (Å²) >= 11 is 0. The van der Waals surface area contributed by atoms with E-state index in [0.717, 1.165) is 16.7 Å². The van der Waals surface area contributed by atoms with Crippen LogP contribution in [0.5, 0.6) is 11.5 Å². The van der Waals surface area contributed by atoms with Gasteiger partial charge in [-0.1, -0.05) is 26.0 Å². The van der Waals surface area contributed by atoms with Gasteiger partial charge in [0.25, 0.3) is 5.91 Å². The second-order valence-corrected chi connectivity index (χ2v) is 8.85. The van der Waals surface area contributed by atoms with E-state index in [1.54, 1.807) is 45.5 Å². The van der Waals surface area contributed by atoms with Crippen molar-refractivity contribution in [2.24, 2.45) is 11.0 Å². The first-order valence-corrected chi connectivity index (χ1v) is 11.6. The summed E-state index contributed by atoms with van der Waals surface area (Å²) < 4.78 is 11.0. The van der Waals surface area contributed by atoms with Gasteiger partial charge < -0.3 is 25.2 Å². The molecular weight excluding hydrogens is 448 g/mol. The SMILES string of the molecule is CNC(=O)N1N=C(c2ccc(C(=O)N[C@@H](CO)C(C)C)cc2)c2cc(OC)c(OC)cc2C[C@H]1C. The number of fused-ring (bicyclic) bond motifs is 1. The van der Waals surface area contributed by atoms with Gasteiger partial charge in [-0.25, -0.2) is 9.80 Å². The van der Waals surface area contributed by atoms with Crippen LogP contribution in [0.3, 0.4) is 0 Å².